The molecule has 4 aromatic rings. The van der Waals surface area contributed by atoms with Gasteiger partial charge in [0.1, 0.15) is 34.4 Å². The first-order valence-corrected chi connectivity index (χ1v) is 36.1. The van der Waals surface area contributed by atoms with Crippen molar-refractivity contribution >= 4 is 46.4 Å². The maximum Gasteiger partial charge on any atom is 0.311 e. The number of amides is 4. The number of rotatable bonds is 39. The van der Waals surface area contributed by atoms with Crippen molar-refractivity contribution in [2.45, 2.75) is 284 Å². The number of aromatic hydroxyl groups is 1. The number of nitrogens with one attached hydrogen (secondary N) is 2. The van der Waals surface area contributed by atoms with Crippen molar-refractivity contribution in [3.63, 3.8) is 0 Å². The minimum atomic E-state index is -1.01. The molecule has 4 atom stereocenters. The number of halogens is 5. The summed E-state index contributed by atoms with van der Waals surface area (Å²) in [4.78, 5) is 104. The van der Waals surface area contributed by atoms with E-state index in [9.17, 15) is 61.0 Å². The van der Waals surface area contributed by atoms with Gasteiger partial charge in [0.15, 0.2) is 29.6 Å². The summed E-state index contributed by atoms with van der Waals surface area (Å²) in [6.07, 6.45) is 40.0. The fourth-order valence-corrected chi connectivity index (χ4v) is 12.8. The summed E-state index contributed by atoms with van der Waals surface area (Å²) in [5, 5.41) is 15.0. The fraction of sp³-hybridized carbons (Fsp3) is 0.622. The fourth-order valence-electron chi connectivity index (χ4n) is 12.7. The molecule has 6 heterocycles. The minimum Gasteiger partial charge on any atom is -0.503 e. The zero-order valence-corrected chi connectivity index (χ0v) is 58.2. The van der Waals surface area contributed by atoms with E-state index in [0.717, 1.165) is 44.2 Å². The van der Waals surface area contributed by atoms with Gasteiger partial charge in [0.2, 0.25) is 21.8 Å². The van der Waals surface area contributed by atoms with Crippen LogP contribution in [0.3, 0.4) is 0 Å². The van der Waals surface area contributed by atoms with Crippen LogP contribution in [-0.2, 0) is 45.2 Å². The van der Waals surface area contributed by atoms with Crippen molar-refractivity contribution in [2.24, 2.45) is 0 Å². The number of fused-ring (bicyclic) bond motifs is 4. The molecule has 8 rings (SSSR count). The van der Waals surface area contributed by atoms with Crippen LogP contribution in [0.4, 0.5) is 17.6 Å². The molecule has 18 nitrogen and oxygen atoms in total. The third-order valence-corrected chi connectivity index (χ3v) is 18.5. The smallest absolute Gasteiger partial charge is 0.311 e. The van der Waals surface area contributed by atoms with Gasteiger partial charge < -0.3 is 48.9 Å². The second-order valence-corrected chi connectivity index (χ2v) is 26.6. The Morgan fingerprint density at radius 3 is 1.25 bits per heavy atom. The van der Waals surface area contributed by atoms with Crippen molar-refractivity contribution in [1.82, 2.24) is 29.6 Å². The molecule has 4 amide bonds. The Morgan fingerprint density at radius 1 is 0.515 bits per heavy atom. The first-order chi connectivity index (χ1) is 46.7. The van der Waals surface area contributed by atoms with E-state index in [1.54, 1.807) is 6.92 Å². The van der Waals surface area contributed by atoms with E-state index in [2.05, 4.69) is 24.5 Å². The molecular formula is C74H103ClF4N6O12. The first-order valence-electron chi connectivity index (χ1n) is 35.7. The van der Waals surface area contributed by atoms with Crippen LogP contribution < -0.4 is 26.2 Å². The molecule has 4 aliphatic rings. The van der Waals surface area contributed by atoms with Crippen molar-refractivity contribution in [1.29, 1.82) is 0 Å². The van der Waals surface area contributed by atoms with Gasteiger partial charge in [0.25, 0.3) is 23.6 Å². The van der Waals surface area contributed by atoms with Gasteiger partial charge in [0.05, 0.1) is 38.4 Å². The van der Waals surface area contributed by atoms with Crippen LogP contribution in [0.15, 0.2) is 58.4 Å². The molecule has 4 unspecified atom stereocenters. The maximum absolute atomic E-state index is 14.1. The lowest BCUT2D eigenvalue weighted by Gasteiger charge is -2.34. The number of nitrogens with zero attached hydrogens (tertiary/aromatic N) is 4. The number of carbonyl (C=O) groups excluding carboxylic acids is 6. The lowest BCUT2D eigenvalue weighted by Crippen LogP contribution is -2.49. The summed E-state index contributed by atoms with van der Waals surface area (Å²) in [7, 11) is 0. The van der Waals surface area contributed by atoms with Crippen molar-refractivity contribution in [3.8, 4) is 11.5 Å². The molecule has 0 saturated carbocycles. The van der Waals surface area contributed by atoms with Crippen molar-refractivity contribution < 1.29 is 65.6 Å². The average Bonchev–Trinajstić information content (AvgIpc) is 1.75. The normalized spacial score (nSPS) is 16.7. The maximum atomic E-state index is 14.1. The monoisotopic (exact) mass is 1380 g/mol. The molecule has 2 fully saturated rings. The van der Waals surface area contributed by atoms with Gasteiger partial charge in [-0.25, -0.2) is 17.6 Å². The van der Waals surface area contributed by atoms with E-state index < -0.39 is 93.2 Å². The lowest BCUT2D eigenvalue weighted by molar-refractivity contribution is -0.134. The van der Waals surface area contributed by atoms with Gasteiger partial charge in [-0.2, -0.15) is 0 Å². The van der Waals surface area contributed by atoms with Crippen molar-refractivity contribution in [2.75, 3.05) is 13.2 Å². The predicted octanol–water partition coefficient (Wildman–Crippen LogP) is 15.4. The van der Waals surface area contributed by atoms with Crippen LogP contribution >= 0.6 is 11.6 Å². The largest absolute Gasteiger partial charge is 0.503 e. The number of esters is 1. The van der Waals surface area contributed by atoms with Gasteiger partial charge in [-0.05, 0) is 50.4 Å². The van der Waals surface area contributed by atoms with Gasteiger partial charge >= 0.3 is 5.97 Å². The second kappa shape index (κ2) is 42.1. The van der Waals surface area contributed by atoms with E-state index in [-0.39, 0.29) is 78.0 Å². The van der Waals surface area contributed by atoms with Gasteiger partial charge in [0, 0.05) is 61.6 Å². The number of pyridine rings is 2. The second-order valence-electron chi connectivity index (χ2n) is 26.2. The van der Waals surface area contributed by atoms with E-state index >= 15 is 0 Å². The van der Waals surface area contributed by atoms with Gasteiger partial charge in [-0.15, -0.1) is 0 Å². The molecule has 2 aromatic heterocycles. The third kappa shape index (κ3) is 24.8. The van der Waals surface area contributed by atoms with E-state index in [1.807, 2.05) is 6.92 Å². The molecule has 0 aliphatic carbocycles. The van der Waals surface area contributed by atoms with E-state index in [0.29, 0.717) is 38.2 Å². The molecule has 2 saturated heterocycles. The number of carbonyl (C=O) groups is 6. The molecule has 4 aliphatic heterocycles. The minimum absolute atomic E-state index is 0.0251. The number of unbranched alkanes of at least 4 members (excludes halogenated alkanes) is 28. The zero-order chi connectivity index (χ0) is 70.2. The van der Waals surface area contributed by atoms with E-state index in [4.69, 9.17) is 25.8 Å². The molecule has 0 bridgehead atoms. The summed E-state index contributed by atoms with van der Waals surface area (Å²) >= 11 is 5.30. The van der Waals surface area contributed by atoms with Crippen LogP contribution in [0, 0.1) is 23.3 Å². The highest BCUT2D eigenvalue weighted by Crippen LogP contribution is 2.32. The Labute approximate surface area is 573 Å². The highest BCUT2D eigenvalue weighted by Gasteiger charge is 2.45. The number of ether oxygens (including phenoxy) is 3. The van der Waals surface area contributed by atoms with Gasteiger partial charge in [-0.3, -0.25) is 38.4 Å². The Balaban J connectivity index is 0.000000256. The quantitative estimate of drug-likeness (QED) is 0.0164. The molecule has 23 heteroatoms. The summed E-state index contributed by atoms with van der Waals surface area (Å²) in [6, 6.07) is 5.41. The van der Waals surface area contributed by atoms with Crippen LogP contribution in [0.1, 0.15) is 286 Å². The highest BCUT2D eigenvalue weighted by atomic mass is 35.5. The topological polar surface area (TPSA) is 225 Å². The van der Waals surface area contributed by atoms with Crippen LogP contribution in [0.5, 0.6) is 11.5 Å². The predicted molar refractivity (Wildman–Crippen MR) is 364 cm³/mol. The molecule has 0 radical (unpaired) electrons. The summed E-state index contributed by atoms with van der Waals surface area (Å²) in [6.45, 7) is 8.44. The van der Waals surface area contributed by atoms with E-state index in [1.165, 1.54) is 198 Å². The number of hydrogen-bond donors (Lipinski definition) is 3. The summed E-state index contributed by atoms with van der Waals surface area (Å²) < 4.78 is 73.7. The molecular weight excluding hydrogens is 1280 g/mol. The Bertz CT molecular complexity index is 3350. The molecule has 536 valence electrons. The Kier molecular flexibility index (Phi) is 34.4. The molecule has 0 spiro atoms. The molecule has 97 heavy (non-hydrogen) atoms. The number of hydrogen-bond acceptors (Lipinski definition) is 12. The Hall–Kier alpha value is -6.91. The first kappa shape index (κ1) is 79.1. The third-order valence-electron chi connectivity index (χ3n) is 18.3. The van der Waals surface area contributed by atoms with Crippen LogP contribution in [0.2, 0.25) is 0 Å². The lowest BCUT2D eigenvalue weighted by atomic mass is 10.0. The average molecular weight is 1380 g/mol. The molecule has 2 aromatic carbocycles. The number of aromatic nitrogens is 2. The Morgan fingerprint density at radius 2 is 0.866 bits per heavy atom. The standard InChI is InChI=1S/C37H51F2N3O6.C19H17F2N3O5.C18H35ClO/c1-3-4-5-6-7-8-9-10-11-12-13-14-15-16-17-18-32(43)48-35-33-37(46)42-26(2)25-47-31(42)24-41(33)23-29(34(35)44)36(45)40-22-27-19-20-28(38)21-30(27)39;1-9-8-29-14-7-23-6-12(16(25)17(26)15(23)19(28)24(9)14)18(27)22-5-10-2-3-11(20)4-13(10)21;1-2-3-4-5-6-7-8-9-10-11-12-13-14-15-16-17-18(19)20/h19-21,23,26,31H,3-18,22,24-25H2,1-2H3,(H,40,45);2-4,6,9,14,26H,5,7-8H2,1H3,(H,22,27);2-17H2,1H3. The SMILES string of the molecule is CC1COC2Cn3cc(C(=O)NCc4ccc(F)cc4F)c(=O)c(O)c3C(=O)N12.CCCCCCCCCCCCCCCCCC(=O)Cl.CCCCCCCCCCCCCCCCCC(=O)Oc1c2n(cc(C(=O)NCc3ccc(F)cc3F)c1=O)CC1OCC(C)N1C2=O. The zero-order valence-electron chi connectivity index (χ0n) is 57.4. The summed E-state index contributed by atoms with van der Waals surface area (Å²) in [5.41, 5.74) is -2.96. The van der Waals surface area contributed by atoms with Crippen LogP contribution in [-0.4, -0.2) is 96.6 Å². The summed E-state index contributed by atoms with van der Waals surface area (Å²) in [5.74, 6) is -7.96. The highest BCUT2D eigenvalue weighted by molar-refractivity contribution is 6.63. The molecule has 3 N–H and O–H groups in total. The van der Waals surface area contributed by atoms with Crippen LogP contribution in [0.25, 0.3) is 0 Å². The number of benzene rings is 2. The van der Waals surface area contributed by atoms with Crippen molar-refractivity contribution in [3.05, 3.63) is 126 Å². The van der Waals surface area contributed by atoms with Gasteiger partial charge in [-0.1, -0.05) is 206 Å².